The summed E-state index contributed by atoms with van der Waals surface area (Å²) in [6.45, 7) is 7.30. The number of nitrogens with one attached hydrogen (secondary N) is 1. The lowest BCUT2D eigenvalue weighted by atomic mass is 9.91. The zero-order valence-corrected chi connectivity index (χ0v) is 10.9. The van der Waals surface area contributed by atoms with Crippen LogP contribution in [0.1, 0.15) is 34.1 Å². The SMILES string of the molecule is CC/C=C/[C@H](C)[C@H](C)/C(=C/C(=O)O)NC(C)=O. The van der Waals surface area contributed by atoms with E-state index in [2.05, 4.69) is 5.32 Å². The predicted octanol–water partition coefficient (Wildman–Crippen LogP) is 2.33. The van der Waals surface area contributed by atoms with Crippen molar-refractivity contribution >= 4 is 11.9 Å². The van der Waals surface area contributed by atoms with Crippen LogP contribution in [0.15, 0.2) is 23.9 Å². The third kappa shape index (κ3) is 6.56. The van der Waals surface area contributed by atoms with Crippen molar-refractivity contribution in [3.8, 4) is 0 Å². The van der Waals surface area contributed by atoms with E-state index in [1.807, 2.05) is 32.9 Å². The summed E-state index contributed by atoms with van der Waals surface area (Å²) in [6.07, 6.45) is 6.06. The molecule has 0 spiro atoms. The molecule has 0 rings (SSSR count). The van der Waals surface area contributed by atoms with E-state index in [1.165, 1.54) is 6.92 Å². The number of carbonyl (C=O) groups excluding carboxylic acids is 1. The van der Waals surface area contributed by atoms with Gasteiger partial charge in [-0.25, -0.2) is 4.79 Å². The van der Waals surface area contributed by atoms with Crippen molar-refractivity contribution in [1.82, 2.24) is 5.32 Å². The Kier molecular flexibility index (Phi) is 6.94. The molecule has 0 aromatic rings. The van der Waals surface area contributed by atoms with E-state index in [0.29, 0.717) is 5.70 Å². The molecule has 1 amide bonds. The maximum Gasteiger partial charge on any atom is 0.330 e. The van der Waals surface area contributed by atoms with E-state index in [4.69, 9.17) is 5.11 Å². The number of rotatable bonds is 6. The molecule has 0 aromatic carbocycles. The summed E-state index contributed by atoms with van der Waals surface area (Å²) in [5.41, 5.74) is 0.443. The van der Waals surface area contributed by atoms with Gasteiger partial charge in [0, 0.05) is 24.6 Å². The van der Waals surface area contributed by atoms with Gasteiger partial charge in [0.15, 0.2) is 0 Å². The molecule has 0 saturated carbocycles. The molecular weight excluding hydrogens is 218 g/mol. The smallest absolute Gasteiger partial charge is 0.330 e. The fourth-order valence-corrected chi connectivity index (χ4v) is 1.42. The maximum absolute atomic E-state index is 11.0. The van der Waals surface area contributed by atoms with Gasteiger partial charge in [-0.15, -0.1) is 0 Å². The van der Waals surface area contributed by atoms with Gasteiger partial charge >= 0.3 is 5.97 Å². The molecule has 96 valence electrons. The summed E-state index contributed by atoms with van der Waals surface area (Å²) in [4.78, 5) is 21.7. The summed E-state index contributed by atoms with van der Waals surface area (Å²) in [7, 11) is 0. The van der Waals surface area contributed by atoms with Crippen LogP contribution in [0.2, 0.25) is 0 Å². The first-order chi connectivity index (χ1) is 7.88. The number of hydrogen-bond acceptors (Lipinski definition) is 2. The molecule has 0 aliphatic rings. The van der Waals surface area contributed by atoms with Crippen LogP contribution in [-0.4, -0.2) is 17.0 Å². The molecule has 2 atom stereocenters. The van der Waals surface area contributed by atoms with Gasteiger partial charge in [-0.05, 0) is 12.3 Å². The minimum Gasteiger partial charge on any atom is -0.478 e. The number of amides is 1. The van der Waals surface area contributed by atoms with Crippen LogP contribution in [0.5, 0.6) is 0 Å². The van der Waals surface area contributed by atoms with Gasteiger partial charge in [-0.1, -0.05) is 32.9 Å². The van der Waals surface area contributed by atoms with Crippen LogP contribution in [0.3, 0.4) is 0 Å². The molecule has 4 nitrogen and oxygen atoms in total. The van der Waals surface area contributed by atoms with E-state index in [0.717, 1.165) is 12.5 Å². The quantitative estimate of drug-likeness (QED) is 0.552. The van der Waals surface area contributed by atoms with Crippen molar-refractivity contribution < 1.29 is 14.7 Å². The molecule has 2 N–H and O–H groups in total. The van der Waals surface area contributed by atoms with Crippen LogP contribution in [0.25, 0.3) is 0 Å². The summed E-state index contributed by atoms with van der Waals surface area (Å²) in [6, 6.07) is 0. The Morgan fingerprint density at radius 2 is 1.94 bits per heavy atom. The number of carbonyl (C=O) groups is 2. The summed E-state index contributed by atoms with van der Waals surface area (Å²) in [5.74, 6) is -1.17. The van der Waals surface area contributed by atoms with Gasteiger partial charge in [0.1, 0.15) is 0 Å². The standard InChI is InChI=1S/C13H21NO3/c1-5-6-7-9(2)10(3)12(8-13(16)17)14-11(4)15/h6-10H,5H2,1-4H3,(H,14,15)(H,16,17)/b7-6+,12-8-/t9-,10-/m0/s1. The molecule has 0 aliphatic heterocycles. The second-order valence-corrected chi connectivity index (χ2v) is 4.10. The van der Waals surface area contributed by atoms with Crippen LogP contribution in [-0.2, 0) is 9.59 Å². The molecule has 17 heavy (non-hydrogen) atoms. The molecule has 0 radical (unpaired) electrons. The molecular formula is C13H21NO3. The normalized spacial score (nSPS) is 15.6. The number of hydrogen-bond donors (Lipinski definition) is 2. The molecule has 4 heteroatoms. The van der Waals surface area contributed by atoms with Crippen LogP contribution < -0.4 is 5.32 Å². The summed E-state index contributed by atoms with van der Waals surface area (Å²) < 4.78 is 0. The lowest BCUT2D eigenvalue weighted by molar-refractivity contribution is -0.131. The number of carboxylic acid groups (broad SMARTS) is 1. The number of aliphatic carboxylic acids is 1. The van der Waals surface area contributed by atoms with Crippen molar-refractivity contribution in [2.45, 2.75) is 34.1 Å². The van der Waals surface area contributed by atoms with Crippen molar-refractivity contribution in [3.05, 3.63) is 23.9 Å². The van der Waals surface area contributed by atoms with E-state index >= 15 is 0 Å². The first-order valence-electron chi connectivity index (χ1n) is 5.77. The Balaban J connectivity index is 4.85. The average molecular weight is 239 g/mol. The van der Waals surface area contributed by atoms with E-state index in [1.54, 1.807) is 0 Å². The summed E-state index contributed by atoms with van der Waals surface area (Å²) >= 11 is 0. The third-order valence-electron chi connectivity index (χ3n) is 2.55. The lowest BCUT2D eigenvalue weighted by Gasteiger charge is -2.20. The molecule has 0 saturated heterocycles. The van der Waals surface area contributed by atoms with Gasteiger partial charge in [-0.2, -0.15) is 0 Å². The lowest BCUT2D eigenvalue weighted by Crippen LogP contribution is -2.27. The topological polar surface area (TPSA) is 66.4 Å². The van der Waals surface area contributed by atoms with Gasteiger partial charge in [0.05, 0.1) is 0 Å². The largest absolute Gasteiger partial charge is 0.478 e. The van der Waals surface area contributed by atoms with E-state index in [9.17, 15) is 9.59 Å². The molecule has 0 heterocycles. The first-order valence-corrected chi connectivity index (χ1v) is 5.77. The highest BCUT2D eigenvalue weighted by molar-refractivity contribution is 5.83. The van der Waals surface area contributed by atoms with E-state index in [-0.39, 0.29) is 17.7 Å². The first kappa shape index (κ1) is 15.4. The Hall–Kier alpha value is -1.58. The average Bonchev–Trinajstić information content (AvgIpc) is 2.22. The number of allylic oxidation sites excluding steroid dienone is 3. The zero-order valence-electron chi connectivity index (χ0n) is 10.9. The highest BCUT2D eigenvalue weighted by Crippen LogP contribution is 2.19. The Morgan fingerprint density at radius 3 is 2.35 bits per heavy atom. The zero-order chi connectivity index (χ0) is 13.4. The monoisotopic (exact) mass is 239 g/mol. The fourth-order valence-electron chi connectivity index (χ4n) is 1.42. The van der Waals surface area contributed by atoms with Crippen LogP contribution in [0.4, 0.5) is 0 Å². The van der Waals surface area contributed by atoms with Crippen molar-refractivity contribution in [2.24, 2.45) is 11.8 Å². The van der Waals surface area contributed by atoms with Gasteiger partial charge in [-0.3, -0.25) is 4.79 Å². The van der Waals surface area contributed by atoms with Crippen molar-refractivity contribution in [3.63, 3.8) is 0 Å². The van der Waals surface area contributed by atoms with Gasteiger partial charge in [0.25, 0.3) is 0 Å². The van der Waals surface area contributed by atoms with Crippen LogP contribution in [0, 0.1) is 11.8 Å². The van der Waals surface area contributed by atoms with Crippen LogP contribution >= 0.6 is 0 Å². The molecule has 0 fully saturated rings. The second kappa shape index (κ2) is 7.65. The molecule has 0 aliphatic carbocycles. The Bertz CT molecular complexity index is 332. The highest BCUT2D eigenvalue weighted by Gasteiger charge is 2.16. The Labute approximate surface area is 102 Å². The fraction of sp³-hybridized carbons (Fsp3) is 0.538. The second-order valence-electron chi connectivity index (χ2n) is 4.10. The van der Waals surface area contributed by atoms with Gasteiger partial charge in [0.2, 0.25) is 5.91 Å². The summed E-state index contributed by atoms with van der Waals surface area (Å²) in [5, 5.41) is 11.3. The third-order valence-corrected chi connectivity index (χ3v) is 2.55. The minimum absolute atomic E-state index is 0.0437. The van der Waals surface area contributed by atoms with Gasteiger partial charge < -0.3 is 10.4 Å². The molecule has 0 aromatic heterocycles. The number of carboxylic acids is 1. The molecule has 0 unspecified atom stereocenters. The highest BCUT2D eigenvalue weighted by atomic mass is 16.4. The molecule has 0 bridgehead atoms. The van der Waals surface area contributed by atoms with Crippen molar-refractivity contribution in [2.75, 3.05) is 0 Å². The van der Waals surface area contributed by atoms with Crippen molar-refractivity contribution in [1.29, 1.82) is 0 Å². The van der Waals surface area contributed by atoms with E-state index < -0.39 is 5.97 Å². The minimum atomic E-state index is -1.05. The maximum atomic E-state index is 11.0. The Morgan fingerprint density at radius 1 is 1.35 bits per heavy atom. The predicted molar refractivity (Wildman–Crippen MR) is 67.3 cm³/mol.